The Labute approximate surface area is 148 Å². The van der Waals surface area contributed by atoms with Crippen molar-refractivity contribution in [2.75, 3.05) is 17.6 Å². The Morgan fingerprint density at radius 1 is 1.19 bits per heavy atom. The smallest absolute Gasteiger partial charge is 0.253 e. The Balaban J connectivity index is 1.79. The molecule has 1 N–H and O–H groups in total. The average Bonchev–Trinajstić information content (AvgIpc) is 3.08. The van der Waals surface area contributed by atoms with E-state index in [9.17, 15) is 12.8 Å². The second-order valence-corrected chi connectivity index (χ2v) is 6.97. The first kappa shape index (κ1) is 17.9. The van der Waals surface area contributed by atoms with E-state index in [1.165, 1.54) is 50.1 Å². The monoisotopic (exact) mass is 378 g/mol. The lowest BCUT2D eigenvalue weighted by atomic mass is 10.1. The minimum Gasteiger partial charge on any atom is -0.376 e. The molecule has 2 heterocycles. The molecule has 3 rings (SSSR count). The van der Waals surface area contributed by atoms with Crippen LogP contribution < -0.4 is 4.72 Å². The van der Waals surface area contributed by atoms with Crippen molar-refractivity contribution in [3.05, 3.63) is 60.4 Å². The van der Waals surface area contributed by atoms with Gasteiger partial charge in [0.05, 0.1) is 11.9 Å². The fourth-order valence-corrected chi connectivity index (χ4v) is 3.44. The molecule has 0 aliphatic rings. The van der Waals surface area contributed by atoms with E-state index >= 15 is 0 Å². The van der Waals surface area contributed by atoms with E-state index in [1.807, 2.05) is 0 Å². The normalized spacial score (nSPS) is 12.7. The molecule has 0 radical (unpaired) electrons. The van der Waals surface area contributed by atoms with Crippen molar-refractivity contribution in [1.29, 1.82) is 0 Å². The fourth-order valence-electron chi connectivity index (χ4n) is 2.22. The fraction of sp³-hybridized carbons (Fsp3) is 0.200. The Morgan fingerprint density at radius 2 is 1.88 bits per heavy atom. The summed E-state index contributed by atoms with van der Waals surface area (Å²) in [4.78, 5) is 11.9. The molecule has 0 spiro atoms. The van der Waals surface area contributed by atoms with Crippen LogP contribution in [0.5, 0.6) is 0 Å². The molecule has 0 aliphatic heterocycles. The van der Waals surface area contributed by atoms with Crippen LogP contribution in [-0.4, -0.2) is 46.0 Å². The molecule has 0 aliphatic carbocycles. The summed E-state index contributed by atoms with van der Waals surface area (Å²) in [6.45, 7) is 0. The molecular formula is C15H15FN6O3S. The SMILES string of the molecule is COC(CS(=O)(=O)Nc1ncnn1-c1ncccn1)c1ccc(F)cc1. The van der Waals surface area contributed by atoms with E-state index in [0.29, 0.717) is 5.56 Å². The topological polar surface area (TPSA) is 112 Å². The predicted molar refractivity (Wildman–Crippen MR) is 90.5 cm³/mol. The highest BCUT2D eigenvalue weighted by Crippen LogP contribution is 2.20. The van der Waals surface area contributed by atoms with Crippen LogP contribution in [0, 0.1) is 5.82 Å². The molecule has 11 heteroatoms. The highest BCUT2D eigenvalue weighted by Gasteiger charge is 2.23. The molecule has 2 aromatic heterocycles. The van der Waals surface area contributed by atoms with Crippen LogP contribution in [0.25, 0.3) is 5.95 Å². The predicted octanol–water partition coefficient (Wildman–Crippen LogP) is 1.33. The Bertz CT molecular complexity index is 963. The van der Waals surface area contributed by atoms with Gasteiger partial charge in [-0.3, -0.25) is 4.72 Å². The van der Waals surface area contributed by atoms with Crippen molar-refractivity contribution in [2.24, 2.45) is 0 Å². The number of anilines is 1. The minimum absolute atomic E-state index is 0.0508. The summed E-state index contributed by atoms with van der Waals surface area (Å²) in [5.74, 6) is -0.687. The molecule has 0 fully saturated rings. The van der Waals surface area contributed by atoms with Gasteiger partial charge in [0.2, 0.25) is 16.0 Å². The van der Waals surface area contributed by atoms with Crippen LogP contribution >= 0.6 is 0 Å². The van der Waals surface area contributed by atoms with Gasteiger partial charge in [-0.15, -0.1) is 0 Å². The average molecular weight is 378 g/mol. The van der Waals surface area contributed by atoms with Crippen molar-refractivity contribution in [3.8, 4) is 5.95 Å². The first-order valence-electron chi connectivity index (χ1n) is 7.44. The molecule has 1 aromatic carbocycles. The van der Waals surface area contributed by atoms with Crippen LogP contribution in [0.1, 0.15) is 11.7 Å². The number of ether oxygens (including phenoxy) is 1. The zero-order valence-electron chi connectivity index (χ0n) is 13.7. The first-order valence-corrected chi connectivity index (χ1v) is 9.10. The molecule has 9 nitrogen and oxygen atoms in total. The number of nitrogens with zero attached hydrogens (tertiary/aromatic N) is 5. The molecule has 0 bridgehead atoms. The molecule has 0 amide bonds. The summed E-state index contributed by atoms with van der Waals surface area (Å²) in [7, 11) is -2.47. The van der Waals surface area contributed by atoms with Crippen LogP contribution in [0.15, 0.2) is 49.1 Å². The molecule has 3 aromatic rings. The molecule has 0 saturated heterocycles. The van der Waals surface area contributed by atoms with Crippen molar-refractivity contribution in [1.82, 2.24) is 24.7 Å². The first-order chi connectivity index (χ1) is 12.5. The van der Waals surface area contributed by atoms with Crippen LogP contribution in [-0.2, 0) is 14.8 Å². The second-order valence-electron chi connectivity index (χ2n) is 5.20. The van der Waals surface area contributed by atoms with E-state index in [2.05, 4.69) is 24.8 Å². The summed E-state index contributed by atoms with van der Waals surface area (Å²) in [6.07, 6.45) is 3.40. The van der Waals surface area contributed by atoms with E-state index in [0.717, 1.165) is 4.68 Å². The van der Waals surface area contributed by atoms with Gasteiger partial charge in [0.25, 0.3) is 5.95 Å². The standard InChI is InChI=1S/C15H15FN6O3S/c1-25-13(11-3-5-12(16)6-4-11)9-26(23,24)21-15-19-10-20-22(15)14-17-7-2-8-18-14/h2-8,10,13H,9H2,1H3,(H,19,20,21). The lowest BCUT2D eigenvalue weighted by Crippen LogP contribution is -2.24. The molecule has 26 heavy (non-hydrogen) atoms. The zero-order chi connectivity index (χ0) is 18.6. The molecular weight excluding hydrogens is 363 g/mol. The summed E-state index contributed by atoms with van der Waals surface area (Å²) < 4.78 is 46.8. The number of hydrogen-bond acceptors (Lipinski definition) is 7. The molecule has 1 unspecified atom stereocenters. The Hall–Kier alpha value is -2.92. The second kappa shape index (κ2) is 7.54. The van der Waals surface area contributed by atoms with Gasteiger partial charge in [0.15, 0.2) is 0 Å². The molecule has 136 valence electrons. The third kappa shape index (κ3) is 4.18. The van der Waals surface area contributed by atoms with Crippen LogP contribution in [0.3, 0.4) is 0 Å². The van der Waals surface area contributed by atoms with E-state index < -0.39 is 27.7 Å². The van der Waals surface area contributed by atoms with Crippen molar-refractivity contribution in [2.45, 2.75) is 6.10 Å². The molecule has 0 saturated carbocycles. The maximum absolute atomic E-state index is 13.0. The number of hydrogen-bond donors (Lipinski definition) is 1. The third-order valence-electron chi connectivity index (χ3n) is 3.43. The minimum atomic E-state index is -3.85. The zero-order valence-corrected chi connectivity index (χ0v) is 14.5. The number of aromatic nitrogens is 5. The summed E-state index contributed by atoms with van der Waals surface area (Å²) in [5.41, 5.74) is 0.534. The maximum Gasteiger partial charge on any atom is 0.253 e. The van der Waals surface area contributed by atoms with Gasteiger partial charge in [-0.05, 0) is 23.8 Å². The highest BCUT2D eigenvalue weighted by molar-refractivity contribution is 7.92. The van der Waals surface area contributed by atoms with Gasteiger partial charge in [-0.2, -0.15) is 14.8 Å². The van der Waals surface area contributed by atoms with Gasteiger partial charge in [-0.25, -0.2) is 22.8 Å². The van der Waals surface area contributed by atoms with Gasteiger partial charge in [-0.1, -0.05) is 12.1 Å². The number of sulfonamides is 1. The van der Waals surface area contributed by atoms with E-state index in [4.69, 9.17) is 4.74 Å². The van der Waals surface area contributed by atoms with E-state index in [1.54, 1.807) is 6.07 Å². The van der Waals surface area contributed by atoms with Gasteiger partial charge in [0.1, 0.15) is 12.1 Å². The molecule has 1 atom stereocenters. The largest absolute Gasteiger partial charge is 0.376 e. The van der Waals surface area contributed by atoms with Gasteiger partial charge >= 0.3 is 0 Å². The van der Waals surface area contributed by atoms with E-state index in [-0.39, 0.29) is 11.9 Å². The number of halogens is 1. The number of benzene rings is 1. The number of methoxy groups -OCH3 is 1. The number of rotatable bonds is 7. The summed E-state index contributed by atoms with van der Waals surface area (Å²) >= 11 is 0. The van der Waals surface area contributed by atoms with Crippen molar-refractivity contribution >= 4 is 16.0 Å². The lowest BCUT2D eigenvalue weighted by Gasteiger charge is -2.16. The van der Waals surface area contributed by atoms with Gasteiger partial charge < -0.3 is 4.74 Å². The quantitative estimate of drug-likeness (QED) is 0.660. The summed E-state index contributed by atoms with van der Waals surface area (Å²) in [6, 6.07) is 7.05. The third-order valence-corrected chi connectivity index (χ3v) is 4.67. The van der Waals surface area contributed by atoms with Gasteiger partial charge in [0, 0.05) is 19.5 Å². The van der Waals surface area contributed by atoms with Crippen molar-refractivity contribution < 1.29 is 17.5 Å². The Kier molecular flexibility index (Phi) is 5.19. The van der Waals surface area contributed by atoms with Crippen LogP contribution in [0.4, 0.5) is 10.3 Å². The number of nitrogens with one attached hydrogen (secondary N) is 1. The Morgan fingerprint density at radius 3 is 2.54 bits per heavy atom. The maximum atomic E-state index is 13.0. The van der Waals surface area contributed by atoms with Crippen molar-refractivity contribution in [3.63, 3.8) is 0 Å². The lowest BCUT2D eigenvalue weighted by molar-refractivity contribution is 0.122. The summed E-state index contributed by atoms with van der Waals surface area (Å²) in [5, 5.41) is 3.92. The van der Waals surface area contributed by atoms with Crippen LogP contribution in [0.2, 0.25) is 0 Å². The highest BCUT2D eigenvalue weighted by atomic mass is 32.2.